The number of rotatable bonds is 10. The zero-order valence-corrected chi connectivity index (χ0v) is 23.5. The fraction of sp³-hybridized carbons (Fsp3) is 0.400. The summed E-state index contributed by atoms with van der Waals surface area (Å²) in [6.07, 6.45) is 3.34. The van der Waals surface area contributed by atoms with Crippen LogP contribution in [0.4, 0.5) is 11.4 Å². The molecular formula is C30H36N6O4. The molecule has 0 saturated carbocycles. The Morgan fingerprint density at radius 2 is 2.00 bits per heavy atom. The molecule has 4 aromatic rings. The number of nitrogens with one attached hydrogen (secondary N) is 2. The number of hydrogen-bond acceptors (Lipinski definition) is 7. The molecule has 0 spiro atoms. The van der Waals surface area contributed by atoms with Crippen LogP contribution in [0.3, 0.4) is 0 Å². The number of benzene rings is 1. The minimum absolute atomic E-state index is 0.264. The first-order valence-electron chi connectivity index (χ1n) is 13.7. The zero-order valence-electron chi connectivity index (χ0n) is 23.5. The Morgan fingerprint density at radius 1 is 1.20 bits per heavy atom. The second-order valence-electron chi connectivity index (χ2n) is 10.0. The normalized spacial score (nSPS) is 14.9. The summed E-state index contributed by atoms with van der Waals surface area (Å²) in [7, 11) is 1.34. The van der Waals surface area contributed by atoms with E-state index in [4.69, 9.17) is 14.5 Å². The summed E-state index contributed by atoms with van der Waals surface area (Å²) < 4.78 is 14.6. The Hall–Kier alpha value is -4.18. The molecule has 0 aliphatic carbocycles. The third-order valence-corrected chi connectivity index (χ3v) is 7.51. The van der Waals surface area contributed by atoms with Crippen LogP contribution in [0.5, 0.6) is 0 Å². The highest BCUT2D eigenvalue weighted by molar-refractivity contribution is 6.12. The lowest BCUT2D eigenvalue weighted by Gasteiger charge is -2.13. The molecule has 1 aliphatic heterocycles. The molecule has 10 nitrogen and oxygen atoms in total. The Bertz CT molecular complexity index is 1520. The van der Waals surface area contributed by atoms with Crippen molar-refractivity contribution in [1.82, 2.24) is 19.3 Å². The Labute approximate surface area is 233 Å². The van der Waals surface area contributed by atoms with Gasteiger partial charge in [0.15, 0.2) is 5.69 Å². The monoisotopic (exact) mass is 544 g/mol. The van der Waals surface area contributed by atoms with Crippen molar-refractivity contribution in [3.63, 3.8) is 0 Å². The third-order valence-electron chi connectivity index (χ3n) is 7.51. The number of ether oxygens (including phenoxy) is 2. The molecular weight excluding hydrogens is 508 g/mol. The number of carbonyl (C=O) groups excluding carboxylic acids is 2. The number of amides is 1. The number of hydrogen-bond donors (Lipinski definition) is 2. The van der Waals surface area contributed by atoms with E-state index < -0.39 is 12.1 Å². The van der Waals surface area contributed by atoms with Crippen LogP contribution < -0.4 is 10.6 Å². The quantitative estimate of drug-likeness (QED) is 0.280. The van der Waals surface area contributed by atoms with E-state index in [0.717, 1.165) is 41.2 Å². The van der Waals surface area contributed by atoms with E-state index in [-0.39, 0.29) is 11.6 Å². The number of esters is 1. The smallest absolute Gasteiger partial charge is 0.356 e. The second kappa shape index (κ2) is 11.9. The topological polar surface area (TPSA) is 112 Å². The SMILES string of the molecule is CCn1nc(C)c(CNc2cnc3c(c2)c(NC(=O)[C@@H]2CCCO2)c(C(=O)OC)n3CCc2ccccc2)c1C. The minimum atomic E-state index is -0.552. The van der Waals surface area contributed by atoms with Crippen LogP contribution in [-0.2, 0) is 40.3 Å². The maximum atomic E-state index is 13.2. The lowest BCUT2D eigenvalue weighted by molar-refractivity contribution is -0.124. The van der Waals surface area contributed by atoms with Crippen molar-refractivity contribution < 1.29 is 19.1 Å². The van der Waals surface area contributed by atoms with Gasteiger partial charge in [0.25, 0.3) is 5.91 Å². The average molecular weight is 545 g/mol. The van der Waals surface area contributed by atoms with Crippen molar-refractivity contribution in [1.29, 1.82) is 0 Å². The van der Waals surface area contributed by atoms with E-state index in [1.807, 2.05) is 52.6 Å². The van der Waals surface area contributed by atoms with Crippen molar-refractivity contribution >= 4 is 34.3 Å². The highest BCUT2D eigenvalue weighted by Gasteiger charge is 2.30. The number of fused-ring (bicyclic) bond motifs is 1. The fourth-order valence-corrected chi connectivity index (χ4v) is 5.34. The van der Waals surface area contributed by atoms with E-state index in [2.05, 4.69) is 29.6 Å². The van der Waals surface area contributed by atoms with Gasteiger partial charge in [-0.3, -0.25) is 9.48 Å². The standard InChI is InChI=1S/C30H36N6O4/c1-5-36-20(3)24(19(2)34-36)18-31-22-16-23-26(33-29(37)25-12-9-15-40-25)27(30(38)39-4)35(28(23)32-17-22)14-13-21-10-7-6-8-11-21/h6-8,10-11,16-17,25,31H,5,9,12-15,18H2,1-4H3,(H,33,37)/t25-/m0/s1. The van der Waals surface area contributed by atoms with Crippen molar-refractivity contribution in [2.45, 2.75) is 65.8 Å². The average Bonchev–Trinajstić information content (AvgIpc) is 3.68. The first-order chi connectivity index (χ1) is 19.4. The van der Waals surface area contributed by atoms with Gasteiger partial charge in [-0.2, -0.15) is 5.10 Å². The largest absolute Gasteiger partial charge is 0.464 e. The van der Waals surface area contributed by atoms with Gasteiger partial charge in [0.2, 0.25) is 0 Å². The predicted octanol–water partition coefficient (Wildman–Crippen LogP) is 4.63. The van der Waals surface area contributed by atoms with Gasteiger partial charge >= 0.3 is 5.97 Å². The summed E-state index contributed by atoms with van der Waals surface area (Å²) in [5, 5.41) is 11.7. The first kappa shape index (κ1) is 27.4. The zero-order chi connectivity index (χ0) is 28.2. The molecule has 4 heterocycles. The van der Waals surface area contributed by atoms with Crippen molar-refractivity contribution in [3.05, 3.63) is 70.8 Å². The van der Waals surface area contributed by atoms with Crippen LogP contribution in [0.15, 0.2) is 42.6 Å². The second-order valence-corrected chi connectivity index (χ2v) is 10.0. The number of aromatic nitrogens is 4. The lowest BCUT2D eigenvalue weighted by atomic mass is 10.1. The maximum Gasteiger partial charge on any atom is 0.356 e. The molecule has 5 rings (SSSR count). The molecule has 3 aromatic heterocycles. The van der Waals surface area contributed by atoms with Gasteiger partial charge in [0.05, 0.1) is 30.4 Å². The third kappa shape index (κ3) is 5.44. The highest BCUT2D eigenvalue weighted by atomic mass is 16.5. The molecule has 1 aliphatic rings. The van der Waals surface area contributed by atoms with E-state index in [0.29, 0.717) is 49.3 Å². The molecule has 0 radical (unpaired) electrons. The molecule has 0 unspecified atom stereocenters. The van der Waals surface area contributed by atoms with Crippen LogP contribution in [-0.4, -0.2) is 51.0 Å². The Kier molecular flexibility index (Phi) is 8.16. The number of anilines is 2. The number of aryl methyl sites for hydroxylation is 4. The van der Waals surface area contributed by atoms with E-state index in [1.54, 1.807) is 6.20 Å². The molecule has 1 atom stereocenters. The van der Waals surface area contributed by atoms with Crippen LogP contribution in [0, 0.1) is 13.8 Å². The molecule has 0 bridgehead atoms. The number of carbonyl (C=O) groups is 2. The van der Waals surface area contributed by atoms with Crippen LogP contribution >= 0.6 is 0 Å². The van der Waals surface area contributed by atoms with Gasteiger partial charge in [-0.05, 0) is 51.7 Å². The number of methoxy groups -OCH3 is 1. The van der Waals surface area contributed by atoms with Crippen molar-refractivity contribution in [3.8, 4) is 0 Å². The van der Waals surface area contributed by atoms with Crippen LogP contribution in [0.2, 0.25) is 0 Å². The predicted molar refractivity (Wildman–Crippen MR) is 154 cm³/mol. The summed E-state index contributed by atoms with van der Waals surface area (Å²) in [5.41, 5.74) is 6.36. The summed E-state index contributed by atoms with van der Waals surface area (Å²) in [5.74, 6) is -0.817. The van der Waals surface area contributed by atoms with E-state index in [1.165, 1.54) is 7.11 Å². The lowest BCUT2D eigenvalue weighted by Crippen LogP contribution is -2.28. The van der Waals surface area contributed by atoms with Crippen LogP contribution in [0.25, 0.3) is 11.0 Å². The first-order valence-corrected chi connectivity index (χ1v) is 13.7. The van der Waals surface area contributed by atoms with E-state index >= 15 is 0 Å². The molecule has 1 fully saturated rings. The van der Waals surface area contributed by atoms with Crippen molar-refractivity contribution in [2.24, 2.45) is 0 Å². The fourth-order valence-electron chi connectivity index (χ4n) is 5.34. The van der Waals surface area contributed by atoms with Gasteiger partial charge in [-0.1, -0.05) is 30.3 Å². The molecule has 1 aromatic carbocycles. The summed E-state index contributed by atoms with van der Waals surface area (Å²) in [6.45, 7) is 8.55. The Morgan fingerprint density at radius 3 is 2.67 bits per heavy atom. The summed E-state index contributed by atoms with van der Waals surface area (Å²) in [6, 6.07) is 12.0. The molecule has 210 valence electrons. The molecule has 1 saturated heterocycles. The van der Waals surface area contributed by atoms with Gasteiger partial charge in [-0.15, -0.1) is 0 Å². The molecule has 1 amide bonds. The highest BCUT2D eigenvalue weighted by Crippen LogP contribution is 2.34. The molecule has 2 N–H and O–H groups in total. The number of nitrogens with zero attached hydrogens (tertiary/aromatic N) is 4. The molecule has 40 heavy (non-hydrogen) atoms. The van der Waals surface area contributed by atoms with Gasteiger partial charge < -0.3 is 24.7 Å². The van der Waals surface area contributed by atoms with Crippen molar-refractivity contribution in [2.75, 3.05) is 24.4 Å². The van der Waals surface area contributed by atoms with Gasteiger partial charge in [0, 0.05) is 42.9 Å². The van der Waals surface area contributed by atoms with E-state index in [9.17, 15) is 9.59 Å². The minimum Gasteiger partial charge on any atom is -0.464 e. The molecule has 10 heteroatoms. The van der Waals surface area contributed by atoms with Gasteiger partial charge in [-0.25, -0.2) is 9.78 Å². The summed E-state index contributed by atoms with van der Waals surface area (Å²) in [4.78, 5) is 31.1. The number of pyridine rings is 1. The van der Waals surface area contributed by atoms with Gasteiger partial charge in [0.1, 0.15) is 11.8 Å². The Balaban J connectivity index is 1.54. The van der Waals surface area contributed by atoms with Crippen LogP contribution in [0.1, 0.15) is 52.8 Å². The maximum absolute atomic E-state index is 13.2. The summed E-state index contributed by atoms with van der Waals surface area (Å²) >= 11 is 0.